The number of halogens is 3. The van der Waals surface area contributed by atoms with Crippen molar-refractivity contribution in [1.82, 2.24) is 15.1 Å². The van der Waals surface area contributed by atoms with E-state index in [0.29, 0.717) is 6.04 Å². The van der Waals surface area contributed by atoms with Crippen LogP contribution in [0.3, 0.4) is 0 Å². The summed E-state index contributed by atoms with van der Waals surface area (Å²) in [5.74, 6) is -0.171. The van der Waals surface area contributed by atoms with Crippen LogP contribution in [0.1, 0.15) is 45.2 Å². The highest BCUT2D eigenvalue weighted by Crippen LogP contribution is 2.32. The molecule has 1 aromatic carbocycles. The average Bonchev–Trinajstić information content (AvgIpc) is 2.61. The predicted molar refractivity (Wildman–Crippen MR) is 99.8 cm³/mol. The summed E-state index contributed by atoms with van der Waals surface area (Å²) < 4.78 is 40.9. The van der Waals surface area contributed by atoms with Crippen LogP contribution >= 0.6 is 0 Å². The van der Waals surface area contributed by atoms with Gasteiger partial charge in [-0.2, -0.15) is 0 Å². The van der Waals surface area contributed by atoms with E-state index in [1.807, 2.05) is 0 Å². The van der Waals surface area contributed by atoms with Gasteiger partial charge < -0.3 is 10.1 Å². The summed E-state index contributed by atoms with van der Waals surface area (Å²) in [6.07, 6.45) is -2.30. The number of alkyl halides is 3. The lowest BCUT2D eigenvalue weighted by Crippen LogP contribution is -2.61. The van der Waals surface area contributed by atoms with E-state index in [1.54, 1.807) is 12.1 Å². The molecule has 0 radical (unpaired) electrons. The molecule has 2 heterocycles. The topological polar surface area (TPSA) is 27.7 Å². The normalized spacial score (nSPS) is 25.9. The number of hydrogen-bond donors (Lipinski definition) is 1. The van der Waals surface area contributed by atoms with Crippen molar-refractivity contribution in [2.45, 2.75) is 57.6 Å². The molecule has 0 unspecified atom stereocenters. The van der Waals surface area contributed by atoms with Crippen molar-refractivity contribution < 1.29 is 17.9 Å². The van der Waals surface area contributed by atoms with Gasteiger partial charge in [-0.1, -0.05) is 12.1 Å². The molecule has 2 aliphatic heterocycles. The van der Waals surface area contributed by atoms with Gasteiger partial charge in [0, 0.05) is 37.3 Å². The summed E-state index contributed by atoms with van der Waals surface area (Å²) in [6, 6.07) is 6.82. The van der Waals surface area contributed by atoms with Crippen LogP contribution in [0.5, 0.6) is 5.75 Å². The molecule has 27 heavy (non-hydrogen) atoms. The number of hydrogen-bond acceptors (Lipinski definition) is 4. The van der Waals surface area contributed by atoms with E-state index in [0.717, 1.165) is 38.3 Å². The first kappa shape index (κ1) is 20.4. The molecule has 2 saturated heterocycles. The quantitative estimate of drug-likeness (QED) is 0.853. The number of ether oxygens (including phenoxy) is 1. The van der Waals surface area contributed by atoms with E-state index in [-0.39, 0.29) is 17.3 Å². The summed E-state index contributed by atoms with van der Waals surface area (Å²) in [5, 5.41) is 3.44. The third kappa shape index (κ3) is 4.95. The summed E-state index contributed by atoms with van der Waals surface area (Å²) in [4.78, 5) is 5.07. The highest BCUT2D eigenvalue weighted by Gasteiger charge is 2.38. The molecule has 7 heteroatoms. The van der Waals surface area contributed by atoms with Gasteiger partial charge in [0.1, 0.15) is 5.75 Å². The second-order valence-corrected chi connectivity index (χ2v) is 8.07. The minimum absolute atomic E-state index is 0.155. The average molecular weight is 385 g/mol. The molecular weight excluding hydrogens is 355 g/mol. The van der Waals surface area contributed by atoms with E-state index in [4.69, 9.17) is 0 Å². The van der Waals surface area contributed by atoms with E-state index in [9.17, 15) is 13.2 Å². The Hall–Kier alpha value is -1.31. The van der Waals surface area contributed by atoms with Crippen molar-refractivity contribution in [3.8, 4) is 5.75 Å². The lowest BCUT2D eigenvalue weighted by atomic mass is 9.87. The summed E-state index contributed by atoms with van der Waals surface area (Å²) >= 11 is 0. The first-order valence-corrected chi connectivity index (χ1v) is 9.75. The third-order valence-electron chi connectivity index (χ3n) is 6.22. The largest absolute Gasteiger partial charge is 0.573 e. The molecule has 3 rings (SSSR count). The van der Waals surface area contributed by atoms with E-state index >= 15 is 0 Å². The standard InChI is InChI=1S/C20H30F3N3O/c1-15-14-25(19(3)8-10-24-11-9-19)12-13-26(15)16(2)17-4-6-18(7-5-17)27-20(21,22)23/h4-7,15-16,24H,8-14H2,1-3H3/t15-,16-/m0/s1. The second kappa shape index (κ2) is 7.97. The van der Waals surface area contributed by atoms with Crippen molar-refractivity contribution >= 4 is 0 Å². The molecule has 152 valence electrons. The van der Waals surface area contributed by atoms with Crippen LogP contribution in [0.4, 0.5) is 13.2 Å². The Labute approximate surface area is 159 Å². The van der Waals surface area contributed by atoms with Crippen LogP contribution in [-0.4, -0.2) is 60.5 Å². The second-order valence-electron chi connectivity index (χ2n) is 8.07. The smallest absolute Gasteiger partial charge is 0.406 e. The number of nitrogens with one attached hydrogen (secondary N) is 1. The molecule has 2 atom stereocenters. The molecule has 2 fully saturated rings. The van der Waals surface area contributed by atoms with Gasteiger partial charge in [-0.3, -0.25) is 9.80 Å². The van der Waals surface area contributed by atoms with Crippen LogP contribution in [-0.2, 0) is 0 Å². The van der Waals surface area contributed by atoms with Gasteiger partial charge in [-0.05, 0) is 64.4 Å². The predicted octanol–water partition coefficient (Wildman–Crippen LogP) is 3.79. The number of rotatable bonds is 4. The van der Waals surface area contributed by atoms with Gasteiger partial charge in [-0.15, -0.1) is 13.2 Å². The maximum Gasteiger partial charge on any atom is 0.573 e. The fraction of sp³-hybridized carbons (Fsp3) is 0.700. The number of piperazine rings is 1. The summed E-state index contributed by atoms with van der Waals surface area (Å²) in [6.45, 7) is 11.9. The van der Waals surface area contributed by atoms with Crippen molar-refractivity contribution in [3.05, 3.63) is 29.8 Å². The zero-order chi connectivity index (χ0) is 19.7. The van der Waals surface area contributed by atoms with Crippen LogP contribution in [0.25, 0.3) is 0 Å². The van der Waals surface area contributed by atoms with Gasteiger partial charge in [0.2, 0.25) is 0 Å². The SMILES string of the molecule is C[C@H]1CN(C2(C)CCNCC2)CCN1[C@@H](C)c1ccc(OC(F)(F)F)cc1. The monoisotopic (exact) mass is 385 g/mol. The Balaban J connectivity index is 1.62. The number of benzene rings is 1. The van der Waals surface area contributed by atoms with Crippen LogP contribution in [0.15, 0.2) is 24.3 Å². The Kier molecular flexibility index (Phi) is 6.03. The molecule has 0 saturated carbocycles. The lowest BCUT2D eigenvalue weighted by Gasteiger charge is -2.51. The van der Waals surface area contributed by atoms with Crippen molar-refractivity contribution in [2.24, 2.45) is 0 Å². The van der Waals surface area contributed by atoms with Gasteiger partial charge in [-0.25, -0.2) is 0 Å². The Bertz CT molecular complexity index is 614. The van der Waals surface area contributed by atoms with Gasteiger partial charge in [0.15, 0.2) is 0 Å². The minimum Gasteiger partial charge on any atom is -0.406 e. The molecular formula is C20H30F3N3O. The molecule has 0 aliphatic carbocycles. The van der Waals surface area contributed by atoms with E-state index in [2.05, 4.69) is 40.6 Å². The molecule has 1 aromatic rings. The highest BCUT2D eigenvalue weighted by atomic mass is 19.4. The first-order chi connectivity index (χ1) is 12.7. The number of nitrogens with zero attached hydrogens (tertiary/aromatic N) is 2. The lowest BCUT2D eigenvalue weighted by molar-refractivity contribution is -0.274. The highest BCUT2D eigenvalue weighted by molar-refractivity contribution is 5.29. The Morgan fingerprint density at radius 2 is 1.78 bits per heavy atom. The van der Waals surface area contributed by atoms with Crippen LogP contribution in [0, 0.1) is 0 Å². The molecule has 0 spiro atoms. The fourth-order valence-corrected chi connectivity index (χ4v) is 4.46. The van der Waals surface area contributed by atoms with Crippen LogP contribution in [0.2, 0.25) is 0 Å². The summed E-state index contributed by atoms with van der Waals surface area (Å²) in [5.41, 5.74) is 1.28. The Morgan fingerprint density at radius 1 is 1.15 bits per heavy atom. The van der Waals surface area contributed by atoms with E-state index in [1.165, 1.54) is 25.0 Å². The zero-order valence-corrected chi connectivity index (χ0v) is 16.4. The number of piperidine rings is 1. The molecule has 4 nitrogen and oxygen atoms in total. The van der Waals surface area contributed by atoms with Gasteiger partial charge in [0.25, 0.3) is 0 Å². The molecule has 0 amide bonds. The van der Waals surface area contributed by atoms with Crippen molar-refractivity contribution in [1.29, 1.82) is 0 Å². The molecule has 1 N–H and O–H groups in total. The Morgan fingerprint density at radius 3 is 2.33 bits per heavy atom. The van der Waals surface area contributed by atoms with Gasteiger partial charge >= 0.3 is 6.36 Å². The van der Waals surface area contributed by atoms with Crippen molar-refractivity contribution in [3.63, 3.8) is 0 Å². The maximum absolute atomic E-state index is 12.3. The maximum atomic E-state index is 12.3. The molecule has 0 bridgehead atoms. The summed E-state index contributed by atoms with van der Waals surface area (Å²) in [7, 11) is 0. The third-order valence-corrected chi connectivity index (χ3v) is 6.22. The van der Waals surface area contributed by atoms with Gasteiger partial charge in [0.05, 0.1) is 0 Å². The minimum atomic E-state index is -4.65. The molecule has 0 aromatic heterocycles. The zero-order valence-electron chi connectivity index (χ0n) is 16.4. The first-order valence-electron chi connectivity index (χ1n) is 9.75. The molecule has 2 aliphatic rings. The van der Waals surface area contributed by atoms with Crippen molar-refractivity contribution in [2.75, 3.05) is 32.7 Å². The van der Waals surface area contributed by atoms with E-state index < -0.39 is 6.36 Å². The fourth-order valence-electron chi connectivity index (χ4n) is 4.46. The van der Waals surface area contributed by atoms with Crippen LogP contribution < -0.4 is 10.1 Å².